The zero-order chi connectivity index (χ0) is 19.6. The molecular weight excluding hydrogens is 376 g/mol. The van der Waals surface area contributed by atoms with Crippen molar-refractivity contribution in [2.75, 3.05) is 19.8 Å². The van der Waals surface area contributed by atoms with Crippen molar-refractivity contribution >= 4 is 29.4 Å². The fourth-order valence-corrected chi connectivity index (χ4v) is 2.06. The van der Waals surface area contributed by atoms with Crippen LogP contribution in [0.3, 0.4) is 0 Å². The number of halogens is 1. The van der Waals surface area contributed by atoms with E-state index >= 15 is 0 Å². The molecule has 0 saturated carbocycles. The van der Waals surface area contributed by atoms with Crippen LogP contribution in [0, 0.1) is 0 Å². The average molecular weight is 395 g/mol. The van der Waals surface area contributed by atoms with Crippen LogP contribution in [-0.2, 0) is 14.3 Å². The van der Waals surface area contributed by atoms with E-state index in [1.807, 2.05) is 0 Å². The van der Waals surface area contributed by atoms with Gasteiger partial charge in [0.25, 0.3) is 11.8 Å². The highest BCUT2D eigenvalue weighted by atomic mass is 35.5. The normalized spacial score (nSPS) is 11.3. The van der Waals surface area contributed by atoms with Gasteiger partial charge >= 0.3 is 5.97 Å². The molecule has 1 heterocycles. The van der Waals surface area contributed by atoms with Crippen molar-refractivity contribution in [1.29, 1.82) is 0 Å². The lowest BCUT2D eigenvalue weighted by molar-refractivity contribution is -0.150. The van der Waals surface area contributed by atoms with Gasteiger partial charge in [0.05, 0.1) is 12.8 Å². The van der Waals surface area contributed by atoms with Crippen molar-refractivity contribution < 1.29 is 28.3 Å². The van der Waals surface area contributed by atoms with Gasteiger partial charge in [-0.1, -0.05) is 11.6 Å². The van der Waals surface area contributed by atoms with Gasteiger partial charge in [0.1, 0.15) is 18.4 Å². The lowest BCUT2D eigenvalue weighted by Crippen LogP contribution is -2.41. The summed E-state index contributed by atoms with van der Waals surface area (Å²) < 4.78 is 15.2. The highest BCUT2D eigenvalue weighted by molar-refractivity contribution is 6.30. The van der Waals surface area contributed by atoms with E-state index in [-0.39, 0.29) is 18.9 Å². The van der Waals surface area contributed by atoms with Crippen LogP contribution in [0.2, 0.25) is 5.02 Å². The summed E-state index contributed by atoms with van der Waals surface area (Å²) >= 11 is 5.77. The first kappa shape index (κ1) is 20.3. The van der Waals surface area contributed by atoms with E-state index in [0.717, 1.165) is 0 Å². The van der Waals surface area contributed by atoms with Gasteiger partial charge in [-0.25, -0.2) is 4.79 Å². The first-order valence-corrected chi connectivity index (χ1v) is 8.49. The molecule has 1 atom stereocenters. The Bertz CT molecular complexity index is 761. The number of carbonyl (C=O) groups excluding carboxylic acids is 3. The predicted molar refractivity (Wildman–Crippen MR) is 96.6 cm³/mol. The summed E-state index contributed by atoms with van der Waals surface area (Å²) in [7, 11) is 0. The van der Waals surface area contributed by atoms with Gasteiger partial charge in [0.15, 0.2) is 12.4 Å². The maximum absolute atomic E-state index is 11.8. The van der Waals surface area contributed by atoms with Crippen molar-refractivity contribution in [3.63, 3.8) is 0 Å². The molecule has 1 aromatic heterocycles. The minimum atomic E-state index is -0.927. The minimum Gasteiger partial charge on any atom is -0.492 e. The van der Waals surface area contributed by atoms with Gasteiger partial charge in [0.2, 0.25) is 0 Å². The molecule has 0 aliphatic rings. The van der Waals surface area contributed by atoms with Crippen molar-refractivity contribution in [3.05, 3.63) is 53.4 Å². The molecule has 0 aliphatic heterocycles. The summed E-state index contributed by atoms with van der Waals surface area (Å²) in [5.74, 6) is -1.06. The zero-order valence-electron chi connectivity index (χ0n) is 14.6. The van der Waals surface area contributed by atoms with E-state index in [9.17, 15) is 14.4 Å². The van der Waals surface area contributed by atoms with Gasteiger partial charge in [-0.15, -0.1) is 0 Å². The van der Waals surface area contributed by atoms with Gasteiger partial charge in [-0.05, 0) is 43.3 Å². The van der Waals surface area contributed by atoms with Crippen LogP contribution in [0.1, 0.15) is 17.5 Å². The van der Waals surface area contributed by atoms with Crippen LogP contribution in [-0.4, -0.2) is 43.6 Å². The van der Waals surface area contributed by atoms with Gasteiger partial charge in [-0.3, -0.25) is 9.59 Å². The number of nitrogens with one attached hydrogen (secondary N) is 2. The molecule has 0 radical (unpaired) electrons. The molecule has 8 nitrogen and oxygen atoms in total. The van der Waals surface area contributed by atoms with Crippen LogP contribution >= 0.6 is 11.6 Å². The monoisotopic (exact) mass is 394 g/mol. The fourth-order valence-electron chi connectivity index (χ4n) is 1.94. The third-order valence-corrected chi connectivity index (χ3v) is 3.55. The number of benzene rings is 1. The highest BCUT2D eigenvalue weighted by Crippen LogP contribution is 2.15. The number of hydrogen-bond donors (Lipinski definition) is 2. The summed E-state index contributed by atoms with van der Waals surface area (Å²) in [5.41, 5.74) is 0. The molecule has 2 aromatic rings. The molecule has 0 aliphatic carbocycles. The van der Waals surface area contributed by atoms with Gasteiger partial charge in [-0.2, -0.15) is 0 Å². The number of esters is 1. The molecule has 27 heavy (non-hydrogen) atoms. The molecule has 1 aromatic carbocycles. The van der Waals surface area contributed by atoms with Crippen LogP contribution in [0.15, 0.2) is 47.1 Å². The summed E-state index contributed by atoms with van der Waals surface area (Å²) in [5, 5.41) is 5.57. The zero-order valence-corrected chi connectivity index (χ0v) is 15.3. The standard InChI is InChI=1S/C18H19ClN2O6/c1-12(21-17(23)15-3-2-9-26-15)18(24)27-11-16(22)20-8-10-25-14-6-4-13(19)5-7-14/h2-7,9,12H,8,10-11H2,1H3,(H,20,22)(H,21,23)/t12-/m0/s1. The summed E-state index contributed by atoms with van der Waals surface area (Å²) in [6.07, 6.45) is 1.35. The third kappa shape index (κ3) is 7.02. The van der Waals surface area contributed by atoms with E-state index in [1.54, 1.807) is 30.3 Å². The SMILES string of the molecule is C[C@H](NC(=O)c1ccco1)C(=O)OCC(=O)NCCOc1ccc(Cl)cc1. The van der Waals surface area contributed by atoms with Crippen molar-refractivity contribution in [2.24, 2.45) is 0 Å². The average Bonchev–Trinajstić information content (AvgIpc) is 3.19. The quantitative estimate of drug-likeness (QED) is 0.496. The maximum atomic E-state index is 11.8. The second-order valence-corrected chi connectivity index (χ2v) is 5.87. The second-order valence-electron chi connectivity index (χ2n) is 5.43. The summed E-state index contributed by atoms with van der Waals surface area (Å²) in [4.78, 5) is 35.2. The van der Waals surface area contributed by atoms with E-state index in [4.69, 9.17) is 25.5 Å². The fraction of sp³-hybridized carbons (Fsp3) is 0.278. The highest BCUT2D eigenvalue weighted by Gasteiger charge is 2.20. The Labute approximate surface area is 160 Å². The van der Waals surface area contributed by atoms with Crippen molar-refractivity contribution in [3.8, 4) is 5.75 Å². The Hall–Kier alpha value is -3.00. The van der Waals surface area contributed by atoms with E-state index in [0.29, 0.717) is 10.8 Å². The topological polar surface area (TPSA) is 107 Å². The number of ether oxygens (including phenoxy) is 2. The first-order valence-electron chi connectivity index (χ1n) is 8.12. The third-order valence-electron chi connectivity index (χ3n) is 3.30. The summed E-state index contributed by atoms with van der Waals surface area (Å²) in [6.45, 7) is 1.47. The molecule has 0 bridgehead atoms. The van der Waals surface area contributed by atoms with Crippen molar-refractivity contribution in [1.82, 2.24) is 10.6 Å². The number of hydrogen-bond acceptors (Lipinski definition) is 6. The van der Waals surface area contributed by atoms with E-state index < -0.39 is 30.4 Å². The first-order chi connectivity index (χ1) is 13.0. The Morgan fingerprint density at radius 1 is 1.19 bits per heavy atom. The maximum Gasteiger partial charge on any atom is 0.328 e. The largest absolute Gasteiger partial charge is 0.492 e. The van der Waals surface area contributed by atoms with Crippen molar-refractivity contribution in [2.45, 2.75) is 13.0 Å². The van der Waals surface area contributed by atoms with Crippen LogP contribution in [0.25, 0.3) is 0 Å². The molecule has 0 fully saturated rings. The van der Waals surface area contributed by atoms with Crippen LogP contribution in [0.5, 0.6) is 5.75 Å². The molecule has 9 heteroatoms. The molecule has 2 N–H and O–H groups in total. The molecule has 0 unspecified atom stereocenters. The minimum absolute atomic E-state index is 0.0769. The molecule has 2 amide bonds. The smallest absolute Gasteiger partial charge is 0.328 e. The van der Waals surface area contributed by atoms with E-state index in [2.05, 4.69) is 10.6 Å². The van der Waals surface area contributed by atoms with Gasteiger partial charge < -0.3 is 24.5 Å². The number of furan rings is 1. The number of carbonyl (C=O) groups is 3. The lowest BCUT2D eigenvalue weighted by Gasteiger charge is -2.12. The number of amides is 2. The molecule has 2 rings (SSSR count). The van der Waals surface area contributed by atoms with Gasteiger partial charge in [0, 0.05) is 5.02 Å². The van der Waals surface area contributed by atoms with E-state index in [1.165, 1.54) is 19.3 Å². The second kappa shape index (κ2) is 10.2. The summed E-state index contributed by atoms with van der Waals surface area (Å²) in [6, 6.07) is 8.91. The Morgan fingerprint density at radius 3 is 2.59 bits per heavy atom. The molecule has 0 saturated heterocycles. The predicted octanol–water partition coefficient (Wildman–Crippen LogP) is 1.79. The Morgan fingerprint density at radius 2 is 1.93 bits per heavy atom. The molecule has 0 spiro atoms. The molecule has 144 valence electrons. The Kier molecular flexibility index (Phi) is 7.69. The van der Waals surface area contributed by atoms with Crippen LogP contribution in [0.4, 0.5) is 0 Å². The van der Waals surface area contributed by atoms with Crippen LogP contribution < -0.4 is 15.4 Å². The lowest BCUT2D eigenvalue weighted by atomic mass is 10.3. The molecular formula is C18H19ClN2O6. The number of rotatable bonds is 9. The Balaban J connectivity index is 1.60.